The molecule has 3 aliphatic heterocycles. The summed E-state index contributed by atoms with van der Waals surface area (Å²) >= 11 is 0. The van der Waals surface area contributed by atoms with E-state index in [1.807, 2.05) is 32.9 Å². The first-order valence-electron chi connectivity index (χ1n) is 22.6. The highest BCUT2D eigenvalue weighted by Crippen LogP contribution is 2.39. The molecule has 1 aromatic rings. The number of aliphatic hydroxyl groups excluding tert-OH is 2. The van der Waals surface area contributed by atoms with Gasteiger partial charge in [-0.15, -0.1) is 0 Å². The average molecular weight is 872 g/mol. The van der Waals surface area contributed by atoms with Crippen LogP contribution in [0.5, 0.6) is 5.75 Å². The van der Waals surface area contributed by atoms with Gasteiger partial charge in [0.25, 0.3) is 11.7 Å². The Labute approximate surface area is 366 Å². The summed E-state index contributed by atoms with van der Waals surface area (Å²) in [5.74, 6) is -7.91. The predicted octanol–water partition coefficient (Wildman–Crippen LogP) is 6.04. The lowest BCUT2D eigenvalue weighted by molar-refractivity contribution is -0.302. The number of piperidine rings is 1. The van der Waals surface area contributed by atoms with Crippen LogP contribution in [0.4, 0.5) is 4.39 Å². The lowest BCUT2D eigenvalue weighted by Crippen LogP contribution is -2.64. The second kappa shape index (κ2) is 21.9. The molecule has 62 heavy (non-hydrogen) atoms. The third-order valence-electron chi connectivity index (χ3n) is 13.7. The van der Waals surface area contributed by atoms with Crippen molar-refractivity contribution in [3.63, 3.8) is 0 Å². The maximum Gasteiger partial charge on any atom is 0.329 e. The van der Waals surface area contributed by atoms with Crippen molar-refractivity contribution in [2.24, 2.45) is 29.6 Å². The van der Waals surface area contributed by atoms with Crippen molar-refractivity contribution in [3.8, 4) is 5.75 Å². The number of allylic oxidation sites excluding steroid dienone is 3. The number of fused-ring (bicyclic) bond motifs is 3. The van der Waals surface area contributed by atoms with E-state index in [0.717, 1.165) is 5.57 Å². The van der Waals surface area contributed by atoms with Gasteiger partial charge in [0.05, 0.1) is 24.4 Å². The summed E-state index contributed by atoms with van der Waals surface area (Å²) in [4.78, 5) is 58.1. The van der Waals surface area contributed by atoms with Gasteiger partial charge in [-0.1, -0.05) is 45.4 Å². The highest BCUT2D eigenvalue weighted by Gasteiger charge is 2.56. The smallest absolute Gasteiger partial charge is 0.329 e. The van der Waals surface area contributed by atoms with E-state index >= 15 is 0 Å². The second-order valence-corrected chi connectivity index (χ2v) is 18.5. The lowest BCUT2D eigenvalue weighted by Gasteiger charge is -2.47. The highest BCUT2D eigenvalue weighted by molar-refractivity contribution is 6.39. The zero-order valence-electron chi connectivity index (χ0n) is 37.8. The Kier molecular flexibility index (Phi) is 17.5. The molecule has 0 aromatic heterocycles. The molecule has 0 radical (unpaired) electrons. The summed E-state index contributed by atoms with van der Waals surface area (Å²) in [7, 11) is 3.05. The van der Waals surface area contributed by atoms with Crippen LogP contribution in [0, 0.1) is 35.4 Å². The van der Waals surface area contributed by atoms with Crippen molar-refractivity contribution in [3.05, 3.63) is 53.4 Å². The Morgan fingerprint density at radius 2 is 1.60 bits per heavy atom. The first-order valence-corrected chi connectivity index (χ1v) is 22.6. The molecular formula is C48H70FNO12. The van der Waals surface area contributed by atoms with Gasteiger partial charge >= 0.3 is 5.97 Å². The van der Waals surface area contributed by atoms with E-state index in [1.54, 1.807) is 20.8 Å². The van der Waals surface area contributed by atoms with Crippen LogP contribution in [0.15, 0.2) is 47.6 Å². The number of Topliss-reactive ketones (excluding diaryl/α,β-unsaturated/α-hetero) is 2. The molecule has 14 atom stereocenters. The molecule has 1 amide bonds. The second-order valence-electron chi connectivity index (χ2n) is 18.5. The molecule has 0 spiro atoms. The van der Waals surface area contributed by atoms with Gasteiger partial charge in [-0.3, -0.25) is 14.4 Å². The molecule has 1 saturated carbocycles. The number of aliphatic hydroxyl groups is 3. The SMILES string of the molecule is CCC1/C=C(\C)CC(C)CC(OC)C2OC(O)(C(=O)C(=O)N3CCCCC3C(=O)OC(C(C)=CC3CCC(O)C(Oc4ccc(F)cc4)C3)C(C)C(O)CC1=O)C(C)CC2OC. The Hall–Kier alpha value is -3.53. The number of ketones is 2. The maximum absolute atomic E-state index is 14.4. The number of hydrogen-bond acceptors (Lipinski definition) is 12. The number of rotatable bonds is 7. The number of carbonyl (C=O) groups is 4. The Morgan fingerprint density at radius 3 is 2.26 bits per heavy atom. The summed E-state index contributed by atoms with van der Waals surface area (Å²) in [6.07, 6.45) is 2.46. The third kappa shape index (κ3) is 11.8. The maximum atomic E-state index is 14.4. The summed E-state index contributed by atoms with van der Waals surface area (Å²) in [6, 6.07) is 4.40. The molecule has 14 heteroatoms. The van der Waals surface area contributed by atoms with E-state index < -0.39 is 95.8 Å². The number of halogens is 1. The quantitative estimate of drug-likeness (QED) is 0.165. The van der Waals surface area contributed by atoms with E-state index in [2.05, 4.69) is 0 Å². The normalized spacial score (nSPS) is 38.6. The lowest BCUT2D eigenvalue weighted by atomic mass is 9.81. The number of ether oxygens (including phenoxy) is 5. The van der Waals surface area contributed by atoms with Gasteiger partial charge in [0, 0.05) is 44.9 Å². The minimum atomic E-state index is -2.53. The molecule has 3 heterocycles. The van der Waals surface area contributed by atoms with Crippen LogP contribution in [0.25, 0.3) is 0 Å². The molecule has 13 nitrogen and oxygen atoms in total. The summed E-state index contributed by atoms with van der Waals surface area (Å²) in [6.45, 7) is 11.1. The molecule has 3 fully saturated rings. The van der Waals surface area contributed by atoms with Crippen molar-refractivity contribution in [1.82, 2.24) is 4.90 Å². The number of methoxy groups -OCH3 is 2. The Morgan fingerprint density at radius 1 is 0.919 bits per heavy atom. The molecule has 346 valence electrons. The van der Waals surface area contributed by atoms with Crippen molar-refractivity contribution >= 4 is 23.4 Å². The summed E-state index contributed by atoms with van der Waals surface area (Å²) in [5, 5.41) is 34.7. The fourth-order valence-corrected chi connectivity index (χ4v) is 9.95. The molecule has 2 saturated heterocycles. The number of hydrogen-bond donors (Lipinski definition) is 3. The van der Waals surface area contributed by atoms with E-state index in [4.69, 9.17) is 23.7 Å². The monoisotopic (exact) mass is 871 g/mol. The predicted molar refractivity (Wildman–Crippen MR) is 228 cm³/mol. The van der Waals surface area contributed by atoms with Gasteiger partial charge in [0.1, 0.15) is 41.7 Å². The largest absolute Gasteiger partial charge is 0.488 e. The molecular weight excluding hydrogens is 802 g/mol. The van der Waals surface area contributed by atoms with Crippen molar-refractivity contribution in [2.75, 3.05) is 20.8 Å². The number of carbonyl (C=O) groups excluding carboxylic acids is 4. The van der Waals surface area contributed by atoms with Crippen LogP contribution in [-0.2, 0) is 38.1 Å². The molecule has 14 unspecified atom stereocenters. The first-order chi connectivity index (χ1) is 29.4. The van der Waals surface area contributed by atoms with Gasteiger partial charge < -0.3 is 43.9 Å². The van der Waals surface area contributed by atoms with Crippen LogP contribution in [0.2, 0.25) is 0 Å². The van der Waals surface area contributed by atoms with Crippen molar-refractivity contribution in [2.45, 2.75) is 167 Å². The molecule has 5 rings (SSSR count). The van der Waals surface area contributed by atoms with Gasteiger partial charge in [-0.05, 0) is 120 Å². The Bertz CT molecular complexity index is 1770. The molecule has 2 bridgehead atoms. The number of benzene rings is 1. The van der Waals surface area contributed by atoms with Crippen LogP contribution < -0.4 is 4.74 Å². The van der Waals surface area contributed by atoms with Gasteiger partial charge in [-0.2, -0.15) is 0 Å². The van der Waals surface area contributed by atoms with Crippen LogP contribution in [0.1, 0.15) is 112 Å². The van der Waals surface area contributed by atoms with E-state index in [-0.39, 0.29) is 43.4 Å². The summed E-state index contributed by atoms with van der Waals surface area (Å²) < 4.78 is 44.0. The topological polar surface area (TPSA) is 178 Å². The van der Waals surface area contributed by atoms with Crippen molar-refractivity contribution in [1.29, 1.82) is 0 Å². The zero-order chi connectivity index (χ0) is 45.5. The standard InChI is InChI=1S/C48H70FNO12/c1-9-33-21-27(2)20-28(3)22-41(58-7)44-42(59-8)24-30(5)48(57,62-44)45(54)46(55)50-19-11-10-12-36(50)47(56)61-43(31(6)38(52)26-39(33)53)29(4)23-32-13-18-37(51)40(25-32)60-35-16-14-34(49)15-17-35/h14-17,21,23,28,30-33,36-38,40-44,51-52,57H,9-13,18-20,22,24-26H2,1-8H3/b27-21+,29-23?. The number of nitrogens with zero attached hydrogens (tertiary/aromatic N) is 1. The highest BCUT2D eigenvalue weighted by atomic mass is 19.1. The van der Waals surface area contributed by atoms with Crippen LogP contribution in [-0.4, -0.2) is 119 Å². The van der Waals surface area contributed by atoms with E-state index in [9.17, 15) is 38.9 Å². The van der Waals surface area contributed by atoms with E-state index in [0.29, 0.717) is 62.7 Å². The fraction of sp³-hybridized carbons (Fsp3) is 0.708. The van der Waals surface area contributed by atoms with Gasteiger partial charge in [-0.25, -0.2) is 9.18 Å². The van der Waals surface area contributed by atoms with Gasteiger partial charge in [0.15, 0.2) is 0 Å². The summed E-state index contributed by atoms with van der Waals surface area (Å²) in [5.41, 5.74) is 1.57. The fourth-order valence-electron chi connectivity index (χ4n) is 9.95. The molecule has 1 aromatic carbocycles. The Balaban J connectivity index is 1.50. The van der Waals surface area contributed by atoms with Crippen LogP contribution >= 0.6 is 0 Å². The zero-order valence-corrected chi connectivity index (χ0v) is 37.8. The number of cyclic esters (lactones) is 1. The number of esters is 1. The molecule has 1 aliphatic carbocycles. The van der Waals surface area contributed by atoms with Crippen molar-refractivity contribution < 1.29 is 62.6 Å². The molecule has 4 aliphatic rings. The molecule has 3 N–H and O–H groups in total. The third-order valence-corrected chi connectivity index (χ3v) is 13.7. The van der Waals surface area contributed by atoms with E-state index in [1.165, 1.54) is 43.4 Å². The minimum Gasteiger partial charge on any atom is -0.488 e. The van der Waals surface area contributed by atoms with Crippen LogP contribution in [0.3, 0.4) is 0 Å². The number of amides is 1. The minimum absolute atomic E-state index is 0.0133. The first kappa shape index (κ1) is 49.5. The average Bonchev–Trinajstić information content (AvgIpc) is 3.25. The van der Waals surface area contributed by atoms with Gasteiger partial charge in [0.2, 0.25) is 5.79 Å².